The molecule has 1 heterocycles. The highest BCUT2D eigenvalue weighted by atomic mass is 35.5. The lowest BCUT2D eigenvalue weighted by Crippen LogP contribution is -1.90. The van der Waals surface area contributed by atoms with E-state index in [9.17, 15) is 0 Å². The van der Waals surface area contributed by atoms with Gasteiger partial charge in [-0.3, -0.25) is 0 Å². The van der Waals surface area contributed by atoms with Crippen LogP contribution in [0.4, 0.5) is 0 Å². The first-order chi connectivity index (χ1) is 11.7. The Morgan fingerprint density at radius 1 is 0.750 bits per heavy atom. The van der Waals surface area contributed by atoms with Crippen molar-refractivity contribution in [2.45, 2.75) is 21.7 Å². The van der Waals surface area contributed by atoms with Gasteiger partial charge in [0.15, 0.2) is 5.16 Å². The number of hydrogen-bond donors (Lipinski definition) is 0. The lowest BCUT2D eigenvalue weighted by atomic mass is 10.2. The Labute approximate surface area is 160 Å². The van der Waals surface area contributed by atoms with Gasteiger partial charge in [0.05, 0.1) is 0 Å². The van der Waals surface area contributed by atoms with Crippen molar-refractivity contribution in [3.05, 3.63) is 82.0 Å². The van der Waals surface area contributed by atoms with Crippen LogP contribution in [0.2, 0.25) is 10.0 Å². The molecule has 0 unspecified atom stereocenters. The number of halogens is 2. The maximum absolute atomic E-state index is 6.19. The summed E-state index contributed by atoms with van der Waals surface area (Å²) in [5.74, 6) is 1.53. The maximum Gasteiger partial charge on any atom is 0.188 e. The first-order valence-electron chi connectivity index (χ1n) is 7.28. The topological polar surface area (TPSA) is 25.8 Å². The molecule has 24 heavy (non-hydrogen) atoms. The third-order valence-electron chi connectivity index (χ3n) is 3.26. The van der Waals surface area contributed by atoms with Gasteiger partial charge in [-0.15, -0.1) is 11.8 Å². The van der Waals surface area contributed by atoms with E-state index in [4.69, 9.17) is 23.2 Å². The van der Waals surface area contributed by atoms with Crippen molar-refractivity contribution in [3.63, 3.8) is 0 Å². The molecule has 0 saturated carbocycles. The van der Waals surface area contributed by atoms with Gasteiger partial charge in [0.1, 0.15) is 5.03 Å². The zero-order valence-corrected chi connectivity index (χ0v) is 15.8. The summed E-state index contributed by atoms with van der Waals surface area (Å²) >= 11 is 15.6. The van der Waals surface area contributed by atoms with Gasteiger partial charge < -0.3 is 0 Å². The second kappa shape index (κ2) is 8.77. The lowest BCUT2D eigenvalue weighted by Gasteiger charge is -2.06. The highest BCUT2D eigenvalue weighted by Gasteiger charge is 2.06. The fourth-order valence-corrected chi connectivity index (χ4v) is 4.32. The van der Waals surface area contributed by atoms with E-state index in [1.807, 2.05) is 54.6 Å². The van der Waals surface area contributed by atoms with Crippen LogP contribution in [0.15, 0.2) is 71.0 Å². The van der Waals surface area contributed by atoms with E-state index >= 15 is 0 Å². The molecule has 0 aliphatic heterocycles. The summed E-state index contributed by atoms with van der Waals surface area (Å²) in [5, 5.41) is 3.24. The zero-order valence-electron chi connectivity index (χ0n) is 12.7. The summed E-state index contributed by atoms with van der Waals surface area (Å²) in [6, 6.07) is 17.6. The fourth-order valence-electron chi connectivity index (χ4n) is 2.00. The van der Waals surface area contributed by atoms with E-state index in [1.54, 1.807) is 29.7 Å². The van der Waals surface area contributed by atoms with Crippen LogP contribution in [-0.4, -0.2) is 9.97 Å². The Morgan fingerprint density at radius 2 is 1.33 bits per heavy atom. The molecule has 3 rings (SSSR count). The van der Waals surface area contributed by atoms with Crippen LogP contribution < -0.4 is 0 Å². The summed E-state index contributed by atoms with van der Waals surface area (Å²) in [6.45, 7) is 0. The number of rotatable bonds is 6. The van der Waals surface area contributed by atoms with E-state index in [-0.39, 0.29) is 0 Å². The predicted molar refractivity (Wildman–Crippen MR) is 104 cm³/mol. The van der Waals surface area contributed by atoms with Crippen LogP contribution in [-0.2, 0) is 11.5 Å². The zero-order chi connectivity index (χ0) is 16.8. The Hall–Kier alpha value is -1.20. The molecule has 0 aliphatic carbocycles. The molecule has 0 N–H and O–H groups in total. The standard InChI is InChI=1S/C18H14Cl2N2S2/c19-15-7-3-1-5-13(15)11-23-17-9-10-21-18(22-17)24-12-14-6-2-4-8-16(14)20/h1-10H,11-12H2. The number of hydrogen-bond acceptors (Lipinski definition) is 4. The van der Waals surface area contributed by atoms with Crippen LogP contribution in [0.1, 0.15) is 11.1 Å². The van der Waals surface area contributed by atoms with Crippen molar-refractivity contribution in [2.24, 2.45) is 0 Å². The Kier molecular flexibility index (Phi) is 6.44. The second-order valence-corrected chi connectivity index (χ2v) is 7.69. The minimum Gasteiger partial charge on any atom is -0.231 e. The van der Waals surface area contributed by atoms with Crippen molar-refractivity contribution >= 4 is 46.7 Å². The van der Waals surface area contributed by atoms with Crippen molar-refractivity contribution in [1.82, 2.24) is 9.97 Å². The van der Waals surface area contributed by atoms with Crippen molar-refractivity contribution in [1.29, 1.82) is 0 Å². The summed E-state index contributed by atoms with van der Waals surface area (Å²) in [5.41, 5.74) is 2.19. The Bertz CT molecular complexity index is 763. The molecule has 6 heteroatoms. The highest BCUT2D eigenvalue weighted by Crippen LogP contribution is 2.28. The Morgan fingerprint density at radius 3 is 1.96 bits per heavy atom. The van der Waals surface area contributed by atoms with E-state index in [2.05, 4.69) is 9.97 Å². The van der Waals surface area contributed by atoms with Gasteiger partial charge in [0.25, 0.3) is 0 Å². The van der Waals surface area contributed by atoms with E-state index in [0.717, 1.165) is 42.9 Å². The molecule has 0 spiro atoms. The number of nitrogens with zero attached hydrogens (tertiary/aromatic N) is 2. The van der Waals surface area contributed by atoms with Gasteiger partial charge in [-0.1, -0.05) is 71.4 Å². The largest absolute Gasteiger partial charge is 0.231 e. The molecule has 0 saturated heterocycles. The van der Waals surface area contributed by atoms with Crippen LogP contribution in [0.5, 0.6) is 0 Å². The molecule has 0 aliphatic rings. The number of thioether (sulfide) groups is 2. The SMILES string of the molecule is Clc1ccccc1CSc1ccnc(SCc2ccccc2Cl)n1. The molecule has 0 bridgehead atoms. The van der Waals surface area contributed by atoms with E-state index in [0.29, 0.717) is 0 Å². The maximum atomic E-state index is 6.19. The molecular weight excluding hydrogens is 379 g/mol. The molecule has 3 aromatic rings. The van der Waals surface area contributed by atoms with Crippen LogP contribution >= 0.6 is 46.7 Å². The fraction of sp³-hybridized carbons (Fsp3) is 0.111. The molecule has 2 nitrogen and oxygen atoms in total. The lowest BCUT2D eigenvalue weighted by molar-refractivity contribution is 0.891. The third kappa shape index (κ3) is 4.90. The van der Waals surface area contributed by atoms with Crippen LogP contribution in [0, 0.1) is 0 Å². The van der Waals surface area contributed by atoms with Gasteiger partial charge >= 0.3 is 0 Å². The Balaban J connectivity index is 1.62. The van der Waals surface area contributed by atoms with Gasteiger partial charge in [0.2, 0.25) is 0 Å². The normalized spacial score (nSPS) is 10.8. The molecule has 122 valence electrons. The summed E-state index contributed by atoms with van der Waals surface area (Å²) in [4.78, 5) is 8.92. The third-order valence-corrected chi connectivity index (χ3v) is 5.88. The number of aromatic nitrogens is 2. The quantitative estimate of drug-likeness (QED) is 0.276. The van der Waals surface area contributed by atoms with Gasteiger partial charge in [0, 0.05) is 27.7 Å². The molecule has 0 radical (unpaired) electrons. The van der Waals surface area contributed by atoms with Crippen LogP contribution in [0.25, 0.3) is 0 Å². The molecule has 0 amide bonds. The molecule has 0 fully saturated rings. The van der Waals surface area contributed by atoms with Gasteiger partial charge in [-0.25, -0.2) is 9.97 Å². The highest BCUT2D eigenvalue weighted by molar-refractivity contribution is 7.99. The summed E-state index contributed by atoms with van der Waals surface area (Å²) in [7, 11) is 0. The summed E-state index contributed by atoms with van der Waals surface area (Å²) < 4.78 is 0. The molecule has 2 aromatic carbocycles. The average Bonchev–Trinajstić information content (AvgIpc) is 2.61. The van der Waals surface area contributed by atoms with Crippen molar-refractivity contribution < 1.29 is 0 Å². The summed E-state index contributed by atoms with van der Waals surface area (Å²) in [6.07, 6.45) is 1.79. The molecule has 1 aromatic heterocycles. The van der Waals surface area contributed by atoms with E-state index < -0.39 is 0 Å². The smallest absolute Gasteiger partial charge is 0.188 e. The minimum absolute atomic E-state index is 0.748. The average molecular weight is 393 g/mol. The van der Waals surface area contributed by atoms with E-state index in [1.165, 1.54) is 0 Å². The first-order valence-corrected chi connectivity index (χ1v) is 10.0. The van der Waals surface area contributed by atoms with Gasteiger partial charge in [-0.2, -0.15) is 0 Å². The molecular formula is C18H14Cl2N2S2. The number of benzene rings is 2. The second-order valence-electron chi connectivity index (χ2n) is 4.94. The minimum atomic E-state index is 0.748. The first kappa shape index (κ1) is 17.6. The van der Waals surface area contributed by atoms with Gasteiger partial charge in [-0.05, 0) is 29.3 Å². The monoisotopic (exact) mass is 392 g/mol. The molecule has 0 atom stereocenters. The van der Waals surface area contributed by atoms with Crippen LogP contribution in [0.3, 0.4) is 0 Å². The van der Waals surface area contributed by atoms with Crippen molar-refractivity contribution in [2.75, 3.05) is 0 Å². The van der Waals surface area contributed by atoms with Crippen molar-refractivity contribution in [3.8, 4) is 0 Å². The predicted octanol–water partition coefficient (Wildman–Crippen LogP) is 6.37.